The lowest BCUT2D eigenvalue weighted by Crippen LogP contribution is -2.03. The van der Waals surface area contributed by atoms with Gasteiger partial charge in [0.2, 0.25) is 5.82 Å². The minimum atomic E-state index is 0.561. The van der Waals surface area contributed by atoms with Crippen LogP contribution in [0.25, 0.3) is 11.5 Å². The zero-order chi connectivity index (χ0) is 14.2. The summed E-state index contributed by atoms with van der Waals surface area (Å²) in [6.45, 7) is 2.71. The van der Waals surface area contributed by atoms with E-state index in [4.69, 9.17) is 0 Å². The number of nitrogens with zero attached hydrogens (tertiary/aromatic N) is 5. The molecule has 1 aliphatic carbocycles. The van der Waals surface area contributed by atoms with Crippen LogP contribution in [0.2, 0.25) is 0 Å². The van der Waals surface area contributed by atoms with Crippen LogP contribution in [0.1, 0.15) is 35.8 Å². The van der Waals surface area contributed by atoms with Crippen LogP contribution in [-0.2, 0) is 6.54 Å². The number of H-pyrrole nitrogens is 1. The first-order valence-electron chi connectivity index (χ1n) is 7.18. The molecule has 0 bridgehead atoms. The van der Waals surface area contributed by atoms with Crippen molar-refractivity contribution in [2.45, 2.75) is 32.2 Å². The van der Waals surface area contributed by atoms with Gasteiger partial charge in [0.1, 0.15) is 5.82 Å². The van der Waals surface area contributed by atoms with E-state index in [9.17, 15) is 0 Å². The van der Waals surface area contributed by atoms with E-state index in [1.54, 1.807) is 0 Å². The lowest BCUT2D eigenvalue weighted by atomic mass is 10.2. The normalized spacial score (nSPS) is 14.5. The zero-order valence-corrected chi connectivity index (χ0v) is 11.8. The fourth-order valence-electron chi connectivity index (χ4n) is 2.39. The maximum Gasteiger partial charge on any atom is 0.203 e. The molecule has 0 amide bonds. The first kappa shape index (κ1) is 12.3. The van der Waals surface area contributed by atoms with Crippen LogP contribution in [0.5, 0.6) is 0 Å². The fourth-order valence-corrected chi connectivity index (χ4v) is 2.39. The van der Waals surface area contributed by atoms with Crippen LogP contribution in [0.15, 0.2) is 30.3 Å². The maximum absolute atomic E-state index is 4.54. The number of rotatable bonds is 4. The summed E-state index contributed by atoms with van der Waals surface area (Å²) in [5.41, 5.74) is 2.94. The zero-order valence-electron chi connectivity index (χ0n) is 11.8. The molecule has 2 aromatic heterocycles. The van der Waals surface area contributed by atoms with E-state index in [0.717, 1.165) is 17.2 Å². The quantitative estimate of drug-likeness (QED) is 0.796. The Kier molecular flexibility index (Phi) is 2.80. The highest BCUT2D eigenvalue weighted by Crippen LogP contribution is 2.38. The summed E-state index contributed by atoms with van der Waals surface area (Å²) < 4.78 is 1.89. The van der Waals surface area contributed by atoms with E-state index in [2.05, 4.69) is 37.6 Å². The third kappa shape index (κ3) is 2.33. The highest BCUT2D eigenvalue weighted by Gasteiger charge is 2.28. The summed E-state index contributed by atoms with van der Waals surface area (Å²) in [6, 6.07) is 10.2. The minimum absolute atomic E-state index is 0.561. The predicted molar refractivity (Wildman–Crippen MR) is 77.7 cm³/mol. The average molecular weight is 280 g/mol. The third-order valence-corrected chi connectivity index (χ3v) is 3.84. The molecule has 1 aliphatic rings. The van der Waals surface area contributed by atoms with E-state index in [1.807, 2.05) is 29.8 Å². The molecule has 1 aromatic carbocycles. The van der Waals surface area contributed by atoms with E-state index >= 15 is 0 Å². The summed E-state index contributed by atoms with van der Waals surface area (Å²) >= 11 is 0. The fraction of sp³-hybridized carbons (Fsp3) is 0.333. The van der Waals surface area contributed by atoms with Crippen molar-refractivity contribution in [3.63, 3.8) is 0 Å². The second kappa shape index (κ2) is 4.80. The first-order valence-corrected chi connectivity index (χ1v) is 7.18. The Morgan fingerprint density at radius 1 is 1.24 bits per heavy atom. The molecule has 0 atom stereocenters. The van der Waals surface area contributed by atoms with Crippen LogP contribution in [0.4, 0.5) is 0 Å². The lowest BCUT2D eigenvalue weighted by Gasteiger charge is -2.03. The van der Waals surface area contributed by atoms with Crippen LogP contribution >= 0.6 is 0 Å². The minimum Gasteiger partial charge on any atom is -0.262 e. The maximum atomic E-state index is 4.54. The molecule has 21 heavy (non-hydrogen) atoms. The number of hydrogen-bond donors (Lipinski definition) is 1. The Balaban J connectivity index is 1.61. The Morgan fingerprint density at radius 2 is 2.05 bits per heavy atom. The smallest absolute Gasteiger partial charge is 0.203 e. The molecule has 3 aromatic rings. The van der Waals surface area contributed by atoms with Gasteiger partial charge in [-0.3, -0.25) is 5.10 Å². The highest BCUT2D eigenvalue weighted by atomic mass is 15.4. The number of nitrogens with one attached hydrogen (secondary N) is 1. The standard InChI is InChI=1S/C15H16N6/c1-10-13(15-16-14(18-19-15)12-7-8-12)17-20-21(10)9-11-5-3-2-4-6-11/h2-6,12H,7-9H2,1H3,(H,16,18,19). The summed E-state index contributed by atoms with van der Waals surface area (Å²) in [5.74, 6) is 2.18. The van der Waals surface area contributed by atoms with Gasteiger partial charge in [0, 0.05) is 5.92 Å². The van der Waals surface area contributed by atoms with Crippen molar-refractivity contribution in [3.8, 4) is 11.5 Å². The largest absolute Gasteiger partial charge is 0.262 e. The second-order valence-corrected chi connectivity index (χ2v) is 5.49. The van der Waals surface area contributed by atoms with Crippen LogP contribution in [0.3, 0.4) is 0 Å². The number of aromatic nitrogens is 6. The summed E-state index contributed by atoms with van der Waals surface area (Å²) in [4.78, 5) is 4.54. The van der Waals surface area contributed by atoms with Crippen molar-refractivity contribution < 1.29 is 0 Å². The van der Waals surface area contributed by atoms with Gasteiger partial charge in [0.05, 0.1) is 12.2 Å². The van der Waals surface area contributed by atoms with Gasteiger partial charge >= 0.3 is 0 Å². The van der Waals surface area contributed by atoms with E-state index < -0.39 is 0 Å². The van der Waals surface area contributed by atoms with Crippen molar-refractivity contribution >= 4 is 0 Å². The van der Waals surface area contributed by atoms with Crippen LogP contribution in [0, 0.1) is 6.92 Å². The number of aromatic amines is 1. The van der Waals surface area contributed by atoms with Crippen molar-refractivity contribution in [2.75, 3.05) is 0 Å². The Morgan fingerprint density at radius 3 is 2.81 bits per heavy atom. The SMILES string of the molecule is Cc1c(-c2n[nH]c(C3CC3)n2)nnn1Cc1ccccc1. The molecule has 0 aliphatic heterocycles. The van der Waals surface area contributed by atoms with Gasteiger partial charge in [-0.15, -0.1) is 5.10 Å². The molecule has 2 heterocycles. The van der Waals surface area contributed by atoms with Gasteiger partial charge in [0.15, 0.2) is 5.69 Å². The topological polar surface area (TPSA) is 72.3 Å². The number of benzene rings is 1. The van der Waals surface area contributed by atoms with Crippen molar-refractivity contribution in [3.05, 3.63) is 47.4 Å². The predicted octanol–water partition coefficient (Wildman–Crippen LogP) is 2.30. The summed E-state index contributed by atoms with van der Waals surface area (Å²) in [7, 11) is 0. The van der Waals surface area contributed by atoms with E-state index in [1.165, 1.54) is 18.4 Å². The second-order valence-electron chi connectivity index (χ2n) is 5.49. The molecule has 6 heteroatoms. The summed E-state index contributed by atoms with van der Waals surface area (Å²) in [5, 5.41) is 15.8. The van der Waals surface area contributed by atoms with Crippen LogP contribution in [-0.4, -0.2) is 30.2 Å². The van der Waals surface area contributed by atoms with E-state index in [0.29, 0.717) is 18.3 Å². The van der Waals surface area contributed by atoms with Gasteiger partial charge in [-0.2, -0.15) is 5.10 Å². The van der Waals surface area contributed by atoms with Gasteiger partial charge in [0.25, 0.3) is 0 Å². The monoisotopic (exact) mass is 280 g/mol. The van der Waals surface area contributed by atoms with Gasteiger partial charge in [-0.25, -0.2) is 9.67 Å². The van der Waals surface area contributed by atoms with Gasteiger partial charge in [-0.1, -0.05) is 35.5 Å². The third-order valence-electron chi connectivity index (χ3n) is 3.84. The molecule has 0 spiro atoms. The number of hydrogen-bond acceptors (Lipinski definition) is 4. The average Bonchev–Trinajstić information content (AvgIpc) is 3.15. The molecule has 6 nitrogen and oxygen atoms in total. The molecule has 1 fully saturated rings. The Bertz CT molecular complexity index is 754. The first-order chi connectivity index (χ1) is 10.3. The molecule has 1 N–H and O–H groups in total. The Hall–Kier alpha value is -2.50. The molecular weight excluding hydrogens is 264 g/mol. The van der Waals surface area contributed by atoms with Crippen molar-refractivity contribution in [2.24, 2.45) is 0 Å². The van der Waals surface area contributed by atoms with Gasteiger partial charge in [-0.05, 0) is 25.3 Å². The highest BCUT2D eigenvalue weighted by molar-refractivity contribution is 5.51. The van der Waals surface area contributed by atoms with Crippen LogP contribution < -0.4 is 0 Å². The molecule has 0 saturated heterocycles. The van der Waals surface area contributed by atoms with Crippen molar-refractivity contribution in [1.29, 1.82) is 0 Å². The molecule has 1 saturated carbocycles. The molecule has 0 radical (unpaired) electrons. The molecule has 106 valence electrons. The lowest BCUT2D eigenvalue weighted by molar-refractivity contribution is 0.633. The molecule has 0 unspecified atom stereocenters. The van der Waals surface area contributed by atoms with Gasteiger partial charge < -0.3 is 0 Å². The van der Waals surface area contributed by atoms with Crippen molar-refractivity contribution in [1.82, 2.24) is 30.2 Å². The Labute approximate surface area is 122 Å². The summed E-state index contributed by atoms with van der Waals surface area (Å²) in [6.07, 6.45) is 2.41. The molecule has 4 rings (SSSR count). The van der Waals surface area contributed by atoms with E-state index in [-0.39, 0.29) is 0 Å². The molecular formula is C15H16N6.